The summed E-state index contributed by atoms with van der Waals surface area (Å²) < 4.78 is 15.2. The highest BCUT2D eigenvalue weighted by Crippen LogP contribution is 2.30. The highest BCUT2D eigenvalue weighted by Gasteiger charge is 2.15. The predicted molar refractivity (Wildman–Crippen MR) is 81.4 cm³/mol. The molecule has 0 amide bonds. The summed E-state index contributed by atoms with van der Waals surface area (Å²) in [5, 5.41) is 9.29. The van der Waals surface area contributed by atoms with Gasteiger partial charge in [0.1, 0.15) is 12.4 Å². The molecule has 108 valence electrons. The lowest BCUT2D eigenvalue weighted by molar-refractivity contribution is 0.270. The molecule has 0 saturated carbocycles. The highest BCUT2D eigenvalue weighted by atomic mass is 35.5. The summed E-state index contributed by atoms with van der Waals surface area (Å²) in [4.78, 5) is 4.30. The average Bonchev–Trinajstić information content (AvgIpc) is 2.81. The Morgan fingerprint density at radius 3 is 2.48 bits per heavy atom. The molecule has 0 aliphatic rings. The average molecular weight is 326 g/mol. The van der Waals surface area contributed by atoms with Crippen LogP contribution in [0.4, 0.5) is 10.1 Å². The Balaban J connectivity index is 2.33. The van der Waals surface area contributed by atoms with Crippen LogP contribution in [-0.2, 0) is 6.61 Å². The maximum Gasteiger partial charge on any atom is 0.160 e. The number of rotatable bonds is 2. The van der Waals surface area contributed by atoms with Crippen LogP contribution in [0.5, 0.6) is 0 Å². The van der Waals surface area contributed by atoms with Crippen LogP contribution in [0.3, 0.4) is 0 Å². The number of fused-ring (bicyclic) bond motifs is 1. The number of aliphatic hydroxyl groups is 1. The molecule has 1 heterocycles. The largest absolute Gasteiger partial charge is 0.399 e. The molecule has 0 bridgehead atoms. The number of benzene rings is 2. The second kappa shape index (κ2) is 5.18. The first-order valence-corrected chi connectivity index (χ1v) is 6.79. The Morgan fingerprint density at radius 2 is 1.86 bits per heavy atom. The molecule has 0 atom stereocenters. The Hall–Kier alpha value is -1.82. The molecule has 2 aromatic carbocycles. The molecule has 4 nitrogen and oxygen atoms in total. The van der Waals surface area contributed by atoms with E-state index < -0.39 is 5.82 Å². The molecule has 1 aromatic heterocycles. The van der Waals surface area contributed by atoms with Crippen molar-refractivity contribution in [1.29, 1.82) is 0 Å². The summed E-state index contributed by atoms with van der Waals surface area (Å²) in [6, 6.07) is 8.03. The summed E-state index contributed by atoms with van der Waals surface area (Å²) in [7, 11) is 0. The monoisotopic (exact) mass is 325 g/mol. The van der Waals surface area contributed by atoms with Crippen LogP contribution >= 0.6 is 23.2 Å². The van der Waals surface area contributed by atoms with Crippen molar-refractivity contribution in [3.05, 3.63) is 52.0 Å². The van der Waals surface area contributed by atoms with Gasteiger partial charge in [0.05, 0.1) is 26.8 Å². The lowest BCUT2D eigenvalue weighted by Gasteiger charge is -2.10. The second-order valence-electron chi connectivity index (χ2n) is 4.49. The van der Waals surface area contributed by atoms with Crippen LogP contribution in [-0.4, -0.2) is 14.7 Å². The number of imidazole rings is 1. The summed E-state index contributed by atoms with van der Waals surface area (Å²) >= 11 is 11.7. The van der Waals surface area contributed by atoms with E-state index in [-0.39, 0.29) is 16.7 Å². The molecule has 3 N–H and O–H groups in total. The van der Waals surface area contributed by atoms with Crippen molar-refractivity contribution >= 4 is 39.9 Å². The van der Waals surface area contributed by atoms with E-state index in [1.807, 2.05) is 0 Å². The fourth-order valence-corrected chi connectivity index (χ4v) is 2.69. The summed E-state index contributed by atoms with van der Waals surface area (Å²) in [6.45, 7) is -0.290. The molecular weight excluding hydrogens is 316 g/mol. The van der Waals surface area contributed by atoms with Crippen molar-refractivity contribution in [1.82, 2.24) is 9.55 Å². The number of halogens is 3. The second-order valence-corrected chi connectivity index (χ2v) is 5.31. The van der Waals surface area contributed by atoms with Gasteiger partial charge in [-0.3, -0.25) is 4.57 Å². The van der Waals surface area contributed by atoms with E-state index in [9.17, 15) is 9.50 Å². The van der Waals surface area contributed by atoms with Gasteiger partial charge in [-0.1, -0.05) is 23.2 Å². The van der Waals surface area contributed by atoms with E-state index in [0.29, 0.717) is 28.2 Å². The Morgan fingerprint density at radius 1 is 1.19 bits per heavy atom. The topological polar surface area (TPSA) is 64.1 Å². The number of hydrogen-bond donors (Lipinski definition) is 2. The normalized spacial score (nSPS) is 11.2. The number of aromatic nitrogens is 2. The van der Waals surface area contributed by atoms with Gasteiger partial charge in [0.25, 0.3) is 0 Å². The number of nitrogens with two attached hydrogens (primary N) is 1. The third kappa shape index (κ3) is 2.33. The molecule has 0 radical (unpaired) electrons. The van der Waals surface area contributed by atoms with Crippen LogP contribution in [0.1, 0.15) is 5.82 Å². The smallest absolute Gasteiger partial charge is 0.160 e. The number of hydrogen-bond acceptors (Lipinski definition) is 3. The Kier molecular flexibility index (Phi) is 3.49. The van der Waals surface area contributed by atoms with Crippen molar-refractivity contribution in [3.8, 4) is 5.69 Å². The van der Waals surface area contributed by atoms with Crippen LogP contribution in [0.2, 0.25) is 10.0 Å². The van der Waals surface area contributed by atoms with Gasteiger partial charge in [0, 0.05) is 5.69 Å². The van der Waals surface area contributed by atoms with Crippen molar-refractivity contribution in [2.75, 3.05) is 5.73 Å². The van der Waals surface area contributed by atoms with E-state index in [2.05, 4.69) is 4.98 Å². The van der Waals surface area contributed by atoms with Crippen molar-refractivity contribution in [3.63, 3.8) is 0 Å². The minimum absolute atomic E-state index is 0.0984. The van der Waals surface area contributed by atoms with Gasteiger partial charge in [-0.25, -0.2) is 9.37 Å². The van der Waals surface area contributed by atoms with Gasteiger partial charge in [0.15, 0.2) is 5.82 Å². The van der Waals surface area contributed by atoms with Crippen LogP contribution in [0, 0.1) is 5.82 Å². The molecular formula is C14H10Cl2FN3O. The molecule has 21 heavy (non-hydrogen) atoms. The standard InChI is InChI=1S/C14H10Cl2FN3O/c15-9-4-8(5-10(16)14(9)17)20-12-2-1-7(18)3-11(12)19-13(20)6-21/h1-5,21H,6,18H2. The molecule has 7 heteroatoms. The molecule has 0 unspecified atom stereocenters. The van der Waals surface area contributed by atoms with E-state index in [4.69, 9.17) is 28.9 Å². The maximum atomic E-state index is 13.5. The van der Waals surface area contributed by atoms with E-state index in [1.54, 1.807) is 22.8 Å². The molecule has 0 saturated heterocycles. The quantitative estimate of drug-likeness (QED) is 0.559. The highest BCUT2D eigenvalue weighted by molar-refractivity contribution is 6.35. The lowest BCUT2D eigenvalue weighted by Crippen LogP contribution is -2.02. The zero-order chi connectivity index (χ0) is 15.1. The van der Waals surface area contributed by atoms with Crippen LogP contribution in [0.15, 0.2) is 30.3 Å². The van der Waals surface area contributed by atoms with Gasteiger partial charge in [-0.05, 0) is 30.3 Å². The predicted octanol–water partition coefficient (Wildman–Crippen LogP) is 3.55. The third-order valence-corrected chi connectivity index (χ3v) is 3.67. The molecule has 0 aliphatic carbocycles. The van der Waals surface area contributed by atoms with Gasteiger partial charge >= 0.3 is 0 Å². The molecule has 0 spiro atoms. The van der Waals surface area contributed by atoms with Crippen LogP contribution < -0.4 is 5.73 Å². The fraction of sp³-hybridized carbons (Fsp3) is 0.0714. The van der Waals surface area contributed by atoms with E-state index in [1.165, 1.54) is 12.1 Å². The first-order chi connectivity index (χ1) is 10.0. The van der Waals surface area contributed by atoms with Gasteiger partial charge in [-0.15, -0.1) is 0 Å². The van der Waals surface area contributed by atoms with E-state index >= 15 is 0 Å². The maximum absolute atomic E-state index is 13.5. The minimum Gasteiger partial charge on any atom is -0.399 e. The first-order valence-electron chi connectivity index (χ1n) is 6.04. The Labute approximate surface area is 129 Å². The zero-order valence-corrected chi connectivity index (χ0v) is 12.2. The van der Waals surface area contributed by atoms with E-state index in [0.717, 1.165) is 0 Å². The number of aliphatic hydroxyl groups excluding tert-OH is 1. The number of nitrogens with zero attached hydrogens (tertiary/aromatic N) is 2. The minimum atomic E-state index is -0.679. The van der Waals surface area contributed by atoms with Gasteiger partial charge in [-0.2, -0.15) is 0 Å². The lowest BCUT2D eigenvalue weighted by atomic mass is 10.2. The number of anilines is 1. The fourth-order valence-electron chi connectivity index (χ4n) is 2.21. The number of nitrogen functional groups attached to an aromatic ring is 1. The molecule has 0 aliphatic heterocycles. The Bertz CT molecular complexity index is 825. The van der Waals surface area contributed by atoms with Gasteiger partial charge < -0.3 is 10.8 Å². The molecule has 3 rings (SSSR count). The summed E-state index contributed by atoms with van der Waals surface area (Å²) in [6.07, 6.45) is 0. The van der Waals surface area contributed by atoms with Crippen molar-refractivity contribution in [2.24, 2.45) is 0 Å². The first kappa shape index (κ1) is 14.1. The SMILES string of the molecule is Nc1ccc2c(c1)nc(CO)n2-c1cc(Cl)c(F)c(Cl)c1. The van der Waals surface area contributed by atoms with Crippen molar-refractivity contribution in [2.45, 2.75) is 6.61 Å². The summed E-state index contributed by atoms with van der Waals surface area (Å²) in [5.74, 6) is -0.296. The molecule has 3 aromatic rings. The zero-order valence-electron chi connectivity index (χ0n) is 10.6. The van der Waals surface area contributed by atoms with Crippen LogP contribution in [0.25, 0.3) is 16.7 Å². The van der Waals surface area contributed by atoms with Crippen molar-refractivity contribution < 1.29 is 9.50 Å². The third-order valence-electron chi connectivity index (χ3n) is 3.12. The molecule has 0 fully saturated rings. The van der Waals surface area contributed by atoms with Gasteiger partial charge in [0.2, 0.25) is 0 Å². The summed E-state index contributed by atoms with van der Waals surface area (Å²) in [5.41, 5.74) is 8.14.